The molecule has 1 N–H and O–H groups in total. The molecule has 0 unspecified atom stereocenters. The lowest BCUT2D eigenvalue weighted by Gasteiger charge is -2.18. The van der Waals surface area contributed by atoms with Crippen molar-refractivity contribution in [2.45, 2.75) is 6.04 Å². The van der Waals surface area contributed by atoms with Gasteiger partial charge in [-0.2, -0.15) is 0 Å². The zero-order chi connectivity index (χ0) is 16.4. The number of aromatic nitrogens is 2. The molecular weight excluding hydrogens is 318 g/mol. The Morgan fingerprint density at radius 2 is 1.67 bits per heavy atom. The predicted octanol–water partition coefficient (Wildman–Crippen LogP) is 4.33. The van der Waals surface area contributed by atoms with Crippen LogP contribution in [0, 0.1) is 0 Å². The molecule has 1 amide bonds. The molecule has 24 heavy (non-hydrogen) atoms. The maximum Gasteiger partial charge on any atom is 0.253 e. The summed E-state index contributed by atoms with van der Waals surface area (Å²) in [4.78, 5) is 17.4. The standard InChI is InChI=1S/C19H15N3OS/c23-18(21-19-20-15-10-4-5-11-16(15)24-19)17(22-12-6-7-13-22)14-8-2-1-3-9-14/h1-13,17H,(H,20,21,23)/t17-/m1/s1. The van der Waals surface area contributed by atoms with E-state index in [1.807, 2.05) is 83.7 Å². The molecule has 4 aromatic rings. The predicted molar refractivity (Wildman–Crippen MR) is 97.3 cm³/mol. The fourth-order valence-electron chi connectivity index (χ4n) is 2.71. The highest BCUT2D eigenvalue weighted by molar-refractivity contribution is 7.22. The lowest BCUT2D eigenvalue weighted by molar-refractivity contribution is -0.118. The van der Waals surface area contributed by atoms with Crippen molar-refractivity contribution in [3.8, 4) is 0 Å². The molecule has 5 heteroatoms. The van der Waals surface area contributed by atoms with Crippen LogP contribution in [0.3, 0.4) is 0 Å². The average molecular weight is 333 g/mol. The van der Waals surface area contributed by atoms with Crippen LogP contribution < -0.4 is 5.32 Å². The van der Waals surface area contributed by atoms with Gasteiger partial charge in [-0.15, -0.1) is 0 Å². The van der Waals surface area contributed by atoms with Crippen LogP contribution in [0.4, 0.5) is 5.13 Å². The SMILES string of the molecule is O=C(Nc1nc2ccccc2s1)[C@@H](c1ccccc1)n1cccc1. The van der Waals surface area contributed by atoms with Crippen molar-refractivity contribution in [1.82, 2.24) is 9.55 Å². The minimum Gasteiger partial charge on any atom is -0.338 e. The zero-order valence-corrected chi connectivity index (χ0v) is 13.6. The molecule has 0 spiro atoms. The van der Waals surface area contributed by atoms with E-state index in [-0.39, 0.29) is 5.91 Å². The molecule has 1 atom stereocenters. The van der Waals surface area contributed by atoms with Crippen LogP contribution in [0.1, 0.15) is 11.6 Å². The summed E-state index contributed by atoms with van der Waals surface area (Å²) in [6.07, 6.45) is 3.80. The van der Waals surface area contributed by atoms with Gasteiger partial charge in [-0.05, 0) is 29.8 Å². The first kappa shape index (κ1) is 14.7. The van der Waals surface area contributed by atoms with E-state index in [1.165, 1.54) is 11.3 Å². The van der Waals surface area contributed by atoms with E-state index in [2.05, 4.69) is 10.3 Å². The summed E-state index contributed by atoms with van der Waals surface area (Å²) in [5.74, 6) is -0.101. The molecule has 0 aliphatic rings. The van der Waals surface area contributed by atoms with E-state index >= 15 is 0 Å². The van der Waals surface area contributed by atoms with Gasteiger partial charge in [0.1, 0.15) is 6.04 Å². The Morgan fingerprint density at radius 3 is 2.42 bits per heavy atom. The molecule has 2 aromatic heterocycles. The van der Waals surface area contributed by atoms with Crippen LogP contribution in [0.15, 0.2) is 79.1 Å². The Bertz CT molecular complexity index is 928. The number of fused-ring (bicyclic) bond motifs is 1. The van der Waals surface area contributed by atoms with Crippen molar-refractivity contribution in [1.29, 1.82) is 0 Å². The van der Waals surface area contributed by atoms with E-state index in [4.69, 9.17) is 0 Å². The third-order valence-corrected chi connectivity index (χ3v) is 4.77. The summed E-state index contributed by atoms with van der Waals surface area (Å²) in [6.45, 7) is 0. The summed E-state index contributed by atoms with van der Waals surface area (Å²) < 4.78 is 2.96. The highest BCUT2D eigenvalue weighted by Gasteiger charge is 2.22. The number of rotatable bonds is 4. The number of nitrogens with zero attached hydrogens (tertiary/aromatic N) is 2. The second kappa shape index (κ2) is 6.29. The van der Waals surface area contributed by atoms with Crippen LogP contribution in [0.25, 0.3) is 10.2 Å². The van der Waals surface area contributed by atoms with Crippen molar-refractivity contribution in [2.24, 2.45) is 0 Å². The van der Waals surface area contributed by atoms with Gasteiger partial charge in [-0.1, -0.05) is 53.8 Å². The van der Waals surface area contributed by atoms with E-state index in [0.717, 1.165) is 15.8 Å². The minimum absolute atomic E-state index is 0.101. The molecule has 0 radical (unpaired) electrons. The van der Waals surface area contributed by atoms with Crippen molar-refractivity contribution < 1.29 is 4.79 Å². The number of para-hydroxylation sites is 1. The van der Waals surface area contributed by atoms with Gasteiger partial charge in [-0.25, -0.2) is 4.98 Å². The Kier molecular flexibility index (Phi) is 3.84. The van der Waals surface area contributed by atoms with Gasteiger partial charge in [-0.3, -0.25) is 10.1 Å². The first-order valence-electron chi connectivity index (χ1n) is 7.65. The number of anilines is 1. The number of carbonyl (C=O) groups is 1. The second-order valence-electron chi connectivity index (χ2n) is 5.42. The molecular formula is C19H15N3OS. The molecule has 0 saturated carbocycles. The van der Waals surface area contributed by atoms with Crippen LogP contribution in [-0.4, -0.2) is 15.5 Å². The molecule has 0 aliphatic heterocycles. The number of benzene rings is 2. The quantitative estimate of drug-likeness (QED) is 0.604. The Balaban J connectivity index is 1.66. The number of hydrogen-bond acceptors (Lipinski definition) is 3. The van der Waals surface area contributed by atoms with Crippen molar-refractivity contribution in [3.63, 3.8) is 0 Å². The van der Waals surface area contributed by atoms with E-state index in [0.29, 0.717) is 5.13 Å². The lowest BCUT2D eigenvalue weighted by atomic mass is 10.1. The van der Waals surface area contributed by atoms with Crippen molar-refractivity contribution in [2.75, 3.05) is 5.32 Å². The monoisotopic (exact) mass is 333 g/mol. The Morgan fingerprint density at radius 1 is 0.958 bits per heavy atom. The van der Waals surface area contributed by atoms with Crippen LogP contribution in [-0.2, 0) is 4.79 Å². The molecule has 0 bridgehead atoms. The minimum atomic E-state index is -0.423. The number of amides is 1. The van der Waals surface area contributed by atoms with Crippen LogP contribution in [0.2, 0.25) is 0 Å². The molecule has 0 saturated heterocycles. The van der Waals surface area contributed by atoms with Crippen molar-refractivity contribution in [3.05, 3.63) is 84.7 Å². The largest absolute Gasteiger partial charge is 0.338 e. The summed E-state index contributed by atoms with van der Waals surface area (Å²) in [7, 11) is 0. The molecule has 2 aromatic carbocycles. The number of hydrogen-bond donors (Lipinski definition) is 1. The van der Waals surface area contributed by atoms with Gasteiger partial charge < -0.3 is 4.57 Å². The van der Waals surface area contributed by atoms with Gasteiger partial charge in [0.05, 0.1) is 10.2 Å². The summed E-state index contributed by atoms with van der Waals surface area (Å²) in [5, 5.41) is 3.59. The van der Waals surface area contributed by atoms with Crippen LogP contribution >= 0.6 is 11.3 Å². The topological polar surface area (TPSA) is 46.9 Å². The highest BCUT2D eigenvalue weighted by Crippen LogP contribution is 2.27. The van der Waals surface area contributed by atoms with Gasteiger partial charge in [0.25, 0.3) is 5.91 Å². The molecule has 118 valence electrons. The van der Waals surface area contributed by atoms with Gasteiger partial charge in [0.15, 0.2) is 5.13 Å². The van der Waals surface area contributed by atoms with Gasteiger partial charge in [0.2, 0.25) is 0 Å². The van der Waals surface area contributed by atoms with Crippen molar-refractivity contribution >= 4 is 32.6 Å². The Hall–Kier alpha value is -2.92. The summed E-state index contributed by atoms with van der Waals surface area (Å²) in [5.41, 5.74) is 1.84. The molecule has 0 aliphatic carbocycles. The summed E-state index contributed by atoms with van der Waals surface area (Å²) >= 11 is 1.48. The average Bonchev–Trinajstić information content (AvgIpc) is 3.25. The number of nitrogens with one attached hydrogen (secondary N) is 1. The molecule has 2 heterocycles. The van der Waals surface area contributed by atoms with E-state index in [9.17, 15) is 4.79 Å². The third kappa shape index (κ3) is 2.81. The second-order valence-corrected chi connectivity index (χ2v) is 6.45. The number of thiazole rings is 1. The Labute approximate surface area is 143 Å². The van der Waals surface area contributed by atoms with E-state index < -0.39 is 6.04 Å². The third-order valence-electron chi connectivity index (χ3n) is 3.81. The lowest BCUT2D eigenvalue weighted by Crippen LogP contribution is -2.26. The normalized spacial score (nSPS) is 12.2. The highest BCUT2D eigenvalue weighted by atomic mass is 32.1. The summed E-state index contributed by atoms with van der Waals surface area (Å²) in [6, 6.07) is 21.0. The fourth-order valence-corrected chi connectivity index (χ4v) is 3.58. The first-order valence-corrected chi connectivity index (χ1v) is 8.47. The first-order chi connectivity index (χ1) is 11.8. The zero-order valence-electron chi connectivity index (χ0n) is 12.8. The maximum atomic E-state index is 12.9. The molecule has 4 nitrogen and oxygen atoms in total. The smallest absolute Gasteiger partial charge is 0.253 e. The number of carbonyl (C=O) groups excluding carboxylic acids is 1. The van der Waals surface area contributed by atoms with E-state index in [1.54, 1.807) is 0 Å². The molecule has 4 rings (SSSR count). The molecule has 0 fully saturated rings. The van der Waals surface area contributed by atoms with Crippen LogP contribution in [0.5, 0.6) is 0 Å². The van der Waals surface area contributed by atoms with Gasteiger partial charge in [0, 0.05) is 12.4 Å². The fraction of sp³-hybridized carbons (Fsp3) is 0.0526. The van der Waals surface area contributed by atoms with Gasteiger partial charge >= 0.3 is 0 Å². The maximum absolute atomic E-state index is 12.9.